The first-order valence-corrected chi connectivity index (χ1v) is 10.8. The Kier molecular flexibility index (Phi) is 6.46. The molecule has 1 amide bonds. The Morgan fingerprint density at radius 3 is 2.34 bits per heavy atom. The lowest BCUT2D eigenvalue weighted by atomic mass is 10.1. The Balaban J connectivity index is 1.37. The van der Waals surface area contributed by atoms with Gasteiger partial charge in [-0.05, 0) is 61.9 Å². The van der Waals surface area contributed by atoms with E-state index in [0.717, 1.165) is 47.2 Å². The fourth-order valence-electron chi connectivity index (χ4n) is 3.95. The molecule has 0 unspecified atom stereocenters. The summed E-state index contributed by atoms with van der Waals surface area (Å²) in [5.41, 5.74) is 3.60. The summed E-state index contributed by atoms with van der Waals surface area (Å²) in [6, 6.07) is 13.2. The van der Waals surface area contributed by atoms with Crippen molar-refractivity contribution >= 4 is 5.91 Å². The van der Waals surface area contributed by atoms with E-state index in [1.807, 2.05) is 61.2 Å². The maximum atomic E-state index is 12.8. The smallest absolute Gasteiger partial charge is 0.253 e. The molecule has 7 nitrogen and oxygen atoms in total. The average Bonchev–Trinajstić information content (AvgIpc) is 3.19. The highest BCUT2D eigenvalue weighted by atomic mass is 16.5. The molecule has 168 valence electrons. The number of amides is 1. The molecular formula is C25H29N3O4. The van der Waals surface area contributed by atoms with E-state index in [9.17, 15) is 4.79 Å². The van der Waals surface area contributed by atoms with E-state index >= 15 is 0 Å². The number of rotatable bonds is 6. The van der Waals surface area contributed by atoms with Gasteiger partial charge in [0.1, 0.15) is 17.3 Å². The molecule has 7 heteroatoms. The molecule has 0 radical (unpaired) electrons. The van der Waals surface area contributed by atoms with E-state index in [1.54, 1.807) is 14.2 Å². The highest BCUT2D eigenvalue weighted by Gasteiger charge is 2.24. The molecule has 4 rings (SSSR count). The third-order valence-electron chi connectivity index (χ3n) is 5.90. The largest absolute Gasteiger partial charge is 0.497 e. The highest BCUT2D eigenvalue weighted by molar-refractivity contribution is 5.94. The van der Waals surface area contributed by atoms with Crippen LogP contribution in [0.3, 0.4) is 0 Å². The molecule has 0 aliphatic carbocycles. The minimum Gasteiger partial charge on any atom is -0.497 e. The van der Waals surface area contributed by atoms with Crippen LogP contribution in [0.15, 0.2) is 46.9 Å². The quantitative estimate of drug-likeness (QED) is 0.584. The molecule has 0 atom stereocenters. The van der Waals surface area contributed by atoms with Gasteiger partial charge in [0.2, 0.25) is 5.89 Å². The molecule has 32 heavy (non-hydrogen) atoms. The van der Waals surface area contributed by atoms with Crippen molar-refractivity contribution in [1.82, 2.24) is 14.8 Å². The lowest BCUT2D eigenvalue weighted by Gasteiger charge is -2.34. The van der Waals surface area contributed by atoms with E-state index in [4.69, 9.17) is 18.9 Å². The molecule has 2 aromatic carbocycles. The van der Waals surface area contributed by atoms with Crippen LogP contribution in [0.4, 0.5) is 0 Å². The number of aryl methyl sites for hydroxylation is 2. The van der Waals surface area contributed by atoms with Gasteiger partial charge in [0.15, 0.2) is 0 Å². The first kappa shape index (κ1) is 21.9. The van der Waals surface area contributed by atoms with Crippen molar-refractivity contribution in [3.8, 4) is 23.0 Å². The zero-order valence-electron chi connectivity index (χ0n) is 19.1. The summed E-state index contributed by atoms with van der Waals surface area (Å²) in [6.07, 6.45) is 0. The topological polar surface area (TPSA) is 68.0 Å². The monoisotopic (exact) mass is 435 g/mol. The summed E-state index contributed by atoms with van der Waals surface area (Å²) in [7, 11) is 3.29. The van der Waals surface area contributed by atoms with Crippen molar-refractivity contribution in [2.75, 3.05) is 40.4 Å². The van der Waals surface area contributed by atoms with Gasteiger partial charge < -0.3 is 18.8 Å². The Morgan fingerprint density at radius 2 is 1.72 bits per heavy atom. The van der Waals surface area contributed by atoms with Gasteiger partial charge in [0, 0.05) is 43.9 Å². The molecule has 0 spiro atoms. The van der Waals surface area contributed by atoms with Gasteiger partial charge >= 0.3 is 0 Å². The third-order valence-corrected chi connectivity index (χ3v) is 5.90. The number of benzene rings is 2. The van der Waals surface area contributed by atoms with Crippen LogP contribution in [0.25, 0.3) is 11.5 Å². The second kappa shape index (κ2) is 9.44. The molecule has 0 bridgehead atoms. The first-order valence-electron chi connectivity index (χ1n) is 10.8. The molecular weight excluding hydrogens is 406 g/mol. The Morgan fingerprint density at radius 1 is 1.00 bits per heavy atom. The maximum absolute atomic E-state index is 12.8. The van der Waals surface area contributed by atoms with Gasteiger partial charge in [0.05, 0.1) is 19.9 Å². The number of nitrogens with zero attached hydrogens (tertiary/aromatic N) is 3. The molecule has 2 heterocycles. The zero-order chi connectivity index (χ0) is 22.7. The number of carbonyl (C=O) groups is 1. The summed E-state index contributed by atoms with van der Waals surface area (Å²) in [5, 5.41) is 0. The number of ether oxygens (including phenoxy) is 2. The van der Waals surface area contributed by atoms with Gasteiger partial charge in [-0.3, -0.25) is 9.69 Å². The van der Waals surface area contributed by atoms with Crippen molar-refractivity contribution in [2.45, 2.75) is 20.4 Å². The zero-order valence-corrected chi connectivity index (χ0v) is 19.1. The van der Waals surface area contributed by atoms with Crippen molar-refractivity contribution in [3.63, 3.8) is 0 Å². The number of hydrogen-bond donors (Lipinski definition) is 0. The normalized spacial score (nSPS) is 14.4. The lowest BCUT2D eigenvalue weighted by molar-refractivity contribution is 0.0626. The van der Waals surface area contributed by atoms with Gasteiger partial charge in [-0.15, -0.1) is 0 Å². The van der Waals surface area contributed by atoms with Crippen LogP contribution in [0.1, 0.15) is 27.4 Å². The van der Waals surface area contributed by atoms with Gasteiger partial charge in [-0.2, -0.15) is 0 Å². The van der Waals surface area contributed by atoms with Gasteiger partial charge in [0.25, 0.3) is 5.91 Å². The van der Waals surface area contributed by atoms with Crippen molar-refractivity contribution in [2.24, 2.45) is 0 Å². The number of hydrogen-bond acceptors (Lipinski definition) is 6. The van der Waals surface area contributed by atoms with Crippen molar-refractivity contribution in [3.05, 3.63) is 65.0 Å². The summed E-state index contributed by atoms with van der Waals surface area (Å²) < 4.78 is 16.5. The highest BCUT2D eigenvalue weighted by Crippen LogP contribution is 2.27. The minimum absolute atomic E-state index is 0.0575. The lowest BCUT2D eigenvalue weighted by Crippen LogP contribution is -2.48. The van der Waals surface area contributed by atoms with Crippen LogP contribution in [0, 0.1) is 13.8 Å². The number of carbonyl (C=O) groups excluding carboxylic acids is 1. The summed E-state index contributed by atoms with van der Waals surface area (Å²) in [5.74, 6) is 3.10. The van der Waals surface area contributed by atoms with Crippen LogP contribution < -0.4 is 9.47 Å². The van der Waals surface area contributed by atoms with Gasteiger partial charge in [-0.1, -0.05) is 0 Å². The minimum atomic E-state index is 0.0575. The number of piperazine rings is 1. The number of methoxy groups -OCH3 is 2. The number of oxazole rings is 1. The summed E-state index contributed by atoms with van der Waals surface area (Å²) >= 11 is 0. The predicted octanol–water partition coefficient (Wildman–Crippen LogP) is 3.93. The molecule has 0 saturated carbocycles. The third kappa shape index (κ3) is 4.62. The number of aromatic nitrogens is 1. The van der Waals surface area contributed by atoms with Crippen molar-refractivity contribution in [1.29, 1.82) is 0 Å². The maximum Gasteiger partial charge on any atom is 0.253 e. The molecule has 1 saturated heterocycles. The first-order chi connectivity index (χ1) is 15.5. The second-order valence-electron chi connectivity index (χ2n) is 8.00. The van der Waals surface area contributed by atoms with E-state index in [-0.39, 0.29) is 5.91 Å². The summed E-state index contributed by atoms with van der Waals surface area (Å²) in [4.78, 5) is 21.7. The van der Waals surface area contributed by atoms with Crippen LogP contribution in [-0.4, -0.2) is 61.1 Å². The van der Waals surface area contributed by atoms with Crippen LogP contribution in [0.5, 0.6) is 11.5 Å². The molecule has 3 aromatic rings. The van der Waals surface area contributed by atoms with E-state index in [0.29, 0.717) is 31.1 Å². The molecule has 1 aromatic heterocycles. The fraction of sp³-hybridized carbons (Fsp3) is 0.360. The predicted molar refractivity (Wildman–Crippen MR) is 122 cm³/mol. The molecule has 1 aliphatic rings. The molecule has 1 aliphatic heterocycles. The van der Waals surface area contributed by atoms with E-state index in [1.165, 1.54) is 0 Å². The Hall–Kier alpha value is -3.32. The molecule has 1 fully saturated rings. The Bertz CT molecular complexity index is 1080. The second-order valence-corrected chi connectivity index (χ2v) is 8.00. The Labute approximate surface area is 188 Å². The van der Waals surface area contributed by atoms with Crippen LogP contribution in [-0.2, 0) is 6.54 Å². The van der Waals surface area contributed by atoms with Crippen molar-refractivity contribution < 1.29 is 18.7 Å². The fourth-order valence-corrected chi connectivity index (χ4v) is 3.95. The standard InChI is InChI=1S/C25H29N3O4/c1-17-15-20(7-10-23(17)31-4)24-26-22(18(2)32-24)16-27-11-13-28(14-12-27)25(29)19-5-8-21(30-3)9-6-19/h5-10,15H,11-14,16H2,1-4H3. The van der Waals surface area contributed by atoms with E-state index in [2.05, 4.69) is 4.90 Å². The SMILES string of the molecule is COc1ccc(C(=O)N2CCN(Cc3nc(-c4ccc(OC)c(C)c4)oc3C)CC2)cc1. The van der Waals surface area contributed by atoms with E-state index < -0.39 is 0 Å². The summed E-state index contributed by atoms with van der Waals surface area (Å²) in [6.45, 7) is 7.63. The van der Waals surface area contributed by atoms with Crippen LogP contribution in [0.2, 0.25) is 0 Å². The average molecular weight is 436 g/mol. The molecule has 0 N–H and O–H groups in total. The van der Waals surface area contributed by atoms with Crippen LogP contribution >= 0.6 is 0 Å². The van der Waals surface area contributed by atoms with Gasteiger partial charge in [-0.25, -0.2) is 4.98 Å².